The molecule has 0 bridgehead atoms. The lowest BCUT2D eigenvalue weighted by Crippen LogP contribution is -2.03. The lowest BCUT2D eigenvalue weighted by Gasteiger charge is -2.02. The third-order valence-corrected chi connectivity index (χ3v) is 2.73. The van der Waals surface area contributed by atoms with Crippen molar-refractivity contribution in [1.29, 1.82) is 0 Å². The summed E-state index contributed by atoms with van der Waals surface area (Å²) in [5.41, 5.74) is -2.19. The Morgan fingerprint density at radius 3 is 2.38 bits per heavy atom. The molecule has 1 heterocycles. The van der Waals surface area contributed by atoms with Crippen LogP contribution in [-0.2, 0) is 9.05 Å². The summed E-state index contributed by atoms with van der Waals surface area (Å²) < 4.78 is 46.3. The van der Waals surface area contributed by atoms with Crippen LogP contribution in [0.5, 0.6) is 0 Å². The van der Waals surface area contributed by atoms with Crippen molar-refractivity contribution in [2.75, 3.05) is 0 Å². The quantitative estimate of drug-likeness (QED) is 0.476. The summed E-state index contributed by atoms with van der Waals surface area (Å²) in [4.78, 5) is 12.2. The van der Waals surface area contributed by atoms with Gasteiger partial charge in [-0.3, -0.25) is 10.1 Å². The predicted molar refractivity (Wildman–Crippen MR) is 48.9 cm³/mol. The summed E-state index contributed by atoms with van der Waals surface area (Å²) in [6, 6.07) is 1.30. The number of aromatic nitrogens is 1. The SMILES string of the molecule is O=[N+]([O-])c1ccc(S(=O)(=O)Cl)nc1C(F)F. The minimum Gasteiger partial charge on any atom is -0.258 e. The number of hydrogen-bond donors (Lipinski definition) is 0. The van der Waals surface area contributed by atoms with Gasteiger partial charge >= 0.3 is 0 Å². The Hall–Kier alpha value is -1.35. The molecule has 1 aromatic rings. The third-order valence-electron chi connectivity index (χ3n) is 1.53. The first-order valence-electron chi connectivity index (χ1n) is 3.61. The van der Waals surface area contributed by atoms with Gasteiger partial charge in [0.1, 0.15) is 0 Å². The average Bonchev–Trinajstić information content (AvgIpc) is 2.15. The van der Waals surface area contributed by atoms with E-state index in [9.17, 15) is 27.3 Å². The number of rotatable bonds is 3. The van der Waals surface area contributed by atoms with Crippen molar-refractivity contribution in [3.63, 3.8) is 0 Å². The van der Waals surface area contributed by atoms with Gasteiger partial charge in [-0.05, 0) is 6.07 Å². The summed E-state index contributed by atoms with van der Waals surface area (Å²) in [5.74, 6) is 0. The summed E-state index contributed by atoms with van der Waals surface area (Å²) >= 11 is 0. The Labute approximate surface area is 92.4 Å². The van der Waals surface area contributed by atoms with Gasteiger partial charge in [-0.1, -0.05) is 0 Å². The topological polar surface area (TPSA) is 90.2 Å². The van der Waals surface area contributed by atoms with E-state index in [4.69, 9.17) is 10.7 Å². The van der Waals surface area contributed by atoms with Crippen LogP contribution >= 0.6 is 10.7 Å². The number of pyridine rings is 1. The average molecular weight is 273 g/mol. The maximum Gasteiger partial charge on any atom is 0.296 e. The molecule has 0 unspecified atom stereocenters. The van der Waals surface area contributed by atoms with Gasteiger partial charge in [0.25, 0.3) is 21.2 Å². The van der Waals surface area contributed by atoms with Crippen LogP contribution in [0.4, 0.5) is 14.5 Å². The van der Waals surface area contributed by atoms with Gasteiger partial charge in [0.15, 0.2) is 10.7 Å². The Bertz CT molecular complexity index is 533. The fourth-order valence-corrected chi connectivity index (χ4v) is 1.60. The molecule has 0 aromatic carbocycles. The minimum absolute atomic E-state index is 0.615. The fourth-order valence-electron chi connectivity index (χ4n) is 0.900. The molecule has 0 aliphatic rings. The lowest BCUT2D eigenvalue weighted by molar-refractivity contribution is -0.386. The summed E-state index contributed by atoms with van der Waals surface area (Å²) in [6.07, 6.45) is -3.27. The highest BCUT2D eigenvalue weighted by molar-refractivity contribution is 8.13. The molecule has 88 valence electrons. The van der Waals surface area contributed by atoms with Gasteiger partial charge in [-0.2, -0.15) is 0 Å². The molecule has 0 atom stereocenters. The zero-order valence-corrected chi connectivity index (χ0v) is 8.87. The molecular formula is C6H3ClF2N2O4S. The first-order valence-corrected chi connectivity index (χ1v) is 5.92. The standard InChI is InChI=1S/C6H3ClF2N2O4S/c7-16(14,15)4-2-1-3(11(12)13)5(10-4)6(8)9/h1-2,6H. The molecular weight excluding hydrogens is 270 g/mol. The predicted octanol–water partition coefficient (Wildman–Crippen LogP) is 1.85. The molecule has 0 radical (unpaired) electrons. The van der Waals surface area contributed by atoms with Crippen molar-refractivity contribution < 1.29 is 22.1 Å². The van der Waals surface area contributed by atoms with Crippen LogP contribution < -0.4 is 0 Å². The van der Waals surface area contributed by atoms with E-state index in [1.165, 1.54) is 0 Å². The van der Waals surface area contributed by atoms with Crippen LogP contribution in [0.15, 0.2) is 17.2 Å². The monoisotopic (exact) mass is 272 g/mol. The van der Waals surface area contributed by atoms with E-state index < -0.39 is 36.8 Å². The lowest BCUT2D eigenvalue weighted by atomic mass is 10.3. The van der Waals surface area contributed by atoms with Crippen molar-refractivity contribution in [1.82, 2.24) is 4.98 Å². The van der Waals surface area contributed by atoms with Crippen LogP contribution in [0.3, 0.4) is 0 Å². The molecule has 0 N–H and O–H groups in total. The summed E-state index contributed by atoms with van der Waals surface area (Å²) in [5, 5.41) is 9.49. The molecule has 16 heavy (non-hydrogen) atoms. The maximum absolute atomic E-state index is 12.4. The van der Waals surface area contributed by atoms with Crippen LogP contribution in [-0.4, -0.2) is 18.3 Å². The smallest absolute Gasteiger partial charge is 0.258 e. The molecule has 0 saturated carbocycles. The molecule has 0 spiro atoms. The second-order valence-corrected chi connectivity index (χ2v) is 5.06. The molecule has 0 amide bonds. The van der Waals surface area contributed by atoms with Crippen LogP contribution in [0, 0.1) is 10.1 Å². The molecule has 10 heteroatoms. The van der Waals surface area contributed by atoms with Crippen LogP contribution in [0.2, 0.25) is 0 Å². The molecule has 0 fully saturated rings. The number of halogens is 3. The normalized spacial score (nSPS) is 11.8. The van der Waals surface area contributed by atoms with E-state index in [0.29, 0.717) is 12.1 Å². The number of alkyl halides is 2. The van der Waals surface area contributed by atoms with Crippen molar-refractivity contribution >= 4 is 25.4 Å². The van der Waals surface area contributed by atoms with Crippen molar-refractivity contribution in [3.05, 3.63) is 27.9 Å². The van der Waals surface area contributed by atoms with E-state index in [2.05, 4.69) is 4.98 Å². The van der Waals surface area contributed by atoms with Gasteiger partial charge in [0, 0.05) is 16.7 Å². The van der Waals surface area contributed by atoms with Gasteiger partial charge in [-0.25, -0.2) is 22.2 Å². The largest absolute Gasteiger partial charge is 0.296 e. The van der Waals surface area contributed by atoms with E-state index in [1.54, 1.807) is 0 Å². The zero-order chi connectivity index (χ0) is 12.5. The second-order valence-electron chi connectivity index (χ2n) is 2.55. The first-order chi connectivity index (χ1) is 7.23. The van der Waals surface area contributed by atoms with Gasteiger partial charge < -0.3 is 0 Å². The van der Waals surface area contributed by atoms with Gasteiger partial charge in [-0.15, -0.1) is 0 Å². The fraction of sp³-hybridized carbons (Fsp3) is 0.167. The maximum atomic E-state index is 12.4. The van der Waals surface area contributed by atoms with Crippen molar-refractivity contribution in [3.8, 4) is 0 Å². The Morgan fingerprint density at radius 2 is 2.00 bits per heavy atom. The Balaban J connectivity index is 3.46. The van der Waals surface area contributed by atoms with E-state index in [0.717, 1.165) is 0 Å². The van der Waals surface area contributed by atoms with E-state index in [-0.39, 0.29) is 0 Å². The summed E-state index contributed by atoms with van der Waals surface area (Å²) in [6.45, 7) is 0. The molecule has 6 nitrogen and oxygen atoms in total. The minimum atomic E-state index is -4.30. The molecule has 1 aromatic heterocycles. The Morgan fingerprint density at radius 1 is 1.44 bits per heavy atom. The highest BCUT2D eigenvalue weighted by Gasteiger charge is 2.26. The highest BCUT2D eigenvalue weighted by Crippen LogP contribution is 2.28. The number of nitrogens with zero attached hydrogens (tertiary/aromatic N) is 2. The zero-order valence-electron chi connectivity index (χ0n) is 7.30. The second kappa shape index (κ2) is 4.26. The van der Waals surface area contributed by atoms with Crippen LogP contribution in [0.25, 0.3) is 0 Å². The molecule has 0 aliphatic carbocycles. The van der Waals surface area contributed by atoms with Crippen LogP contribution in [0.1, 0.15) is 12.1 Å². The number of nitro groups is 1. The van der Waals surface area contributed by atoms with Gasteiger partial charge in [0.2, 0.25) is 0 Å². The van der Waals surface area contributed by atoms with Crippen molar-refractivity contribution in [2.24, 2.45) is 0 Å². The third kappa shape index (κ3) is 2.61. The number of hydrogen-bond acceptors (Lipinski definition) is 5. The van der Waals surface area contributed by atoms with E-state index >= 15 is 0 Å². The molecule has 1 rings (SSSR count). The Kier molecular flexibility index (Phi) is 3.38. The van der Waals surface area contributed by atoms with E-state index in [1.807, 2.05) is 0 Å². The molecule has 0 aliphatic heterocycles. The highest BCUT2D eigenvalue weighted by atomic mass is 35.7. The van der Waals surface area contributed by atoms with Crippen molar-refractivity contribution in [2.45, 2.75) is 11.5 Å². The molecule has 0 saturated heterocycles. The summed E-state index contributed by atoms with van der Waals surface area (Å²) in [7, 11) is 0.566. The first kappa shape index (κ1) is 12.7. The van der Waals surface area contributed by atoms with Gasteiger partial charge in [0.05, 0.1) is 4.92 Å².